The number of aromatic nitrogens is 2. The van der Waals surface area contributed by atoms with Crippen LogP contribution in [-0.2, 0) is 9.53 Å². The Balaban J connectivity index is 1.89. The highest BCUT2D eigenvalue weighted by Gasteiger charge is 2.28. The fraction of sp³-hybridized carbons (Fsp3) is 0.100. The second-order valence-electron chi connectivity index (χ2n) is 5.90. The molecule has 0 saturated carbocycles. The van der Waals surface area contributed by atoms with Crippen molar-refractivity contribution in [2.24, 2.45) is 0 Å². The van der Waals surface area contributed by atoms with Crippen molar-refractivity contribution in [2.75, 3.05) is 11.6 Å². The monoisotopic (exact) mass is 481 g/mol. The largest absolute Gasteiger partial charge is 0.443 e. The first-order valence-corrected chi connectivity index (χ1v) is 10.8. The van der Waals surface area contributed by atoms with E-state index in [1.807, 2.05) is 0 Å². The van der Waals surface area contributed by atoms with Gasteiger partial charge in [0.15, 0.2) is 10.9 Å². The molecule has 0 saturated heterocycles. The van der Waals surface area contributed by atoms with Gasteiger partial charge in [0, 0.05) is 21.3 Å². The van der Waals surface area contributed by atoms with E-state index >= 15 is 0 Å². The number of rotatable bonds is 6. The zero-order chi connectivity index (χ0) is 21.7. The second kappa shape index (κ2) is 10.1. The molecule has 2 aromatic carbocycles. The van der Waals surface area contributed by atoms with Crippen molar-refractivity contribution < 1.29 is 14.3 Å². The van der Waals surface area contributed by atoms with Gasteiger partial charge in [0.05, 0.1) is 11.2 Å². The lowest BCUT2D eigenvalue weighted by Gasteiger charge is -2.18. The van der Waals surface area contributed by atoms with E-state index < -0.39 is 18.0 Å². The average Bonchev–Trinajstić information content (AvgIpc) is 2.72. The zero-order valence-electron chi connectivity index (χ0n) is 15.4. The molecular weight excluding hydrogens is 469 g/mol. The SMILES string of the molecule is CSc1ncc(Cl)c(C(=O)OC(C(=O)Nc2cc(Cl)cc(Cl)c2)c2ccccc2)n1. The Morgan fingerprint density at radius 3 is 2.37 bits per heavy atom. The van der Waals surface area contributed by atoms with Gasteiger partial charge < -0.3 is 10.1 Å². The van der Waals surface area contributed by atoms with Crippen molar-refractivity contribution in [3.63, 3.8) is 0 Å². The Hall–Kier alpha value is -2.32. The minimum Gasteiger partial charge on any atom is -0.443 e. The number of carbonyl (C=O) groups excluding carboxylic acids is 2. The summed E-state index contributed by atoms with van der Waals surface area (Å²) >= 11 is 19.3. The minimum atomic E-state index is -1.26. The highest BCUT2D eigenvalue weighted by Crippen LogP contribution is 2.26. The quantitative estimate of drug-likeness (QED) is 0.276. The highest BCUT2D eigenvalue weighted by molar-refractivity contribution is 7.98. The van der Waals surface area contributed by atoms with Crippen LogP contribution in [-0.4, -0.2) is 28.1 Å². The number of halogens is 3. The number of esters is 1. The summed E-state index contributed by atoms with van der Waals surface area (Å²) in [5, 5.41) is 3.73. The summed E-state index contributed by atoms with van der Waals surface area (Å²) in [6.07, 6.45) is 1.80. The standard InChI is InChI=1S/C20H14Cl3N3O3S/c1-30-20-24-10-15(23)16(26-20)19(28)29-17(11-5-3-2-4-6-11)18(27)25-14-8-12(21)7-13(22)9-14/h2-10,17H,1H3,(H,25,27). The molecule has 0 aliphatic carbocycles. The van der Waals surface area contributed by atoms with Crippen LogP contribution < -0.4 is 5.32 Å². The Labute approximate surface area is 191 Å². The number of anilines is 1. The maximum atomic E-state index is 13.0. The first kappa shape index (κ1) is 22.4. The fourth-order valence-electron chi connectivity index (χ4n) is 2.49. The lowest BCUT2D eigenvalue weighted by molar-refractivity contribution is -0.125. The maximum absolute atomic E-state index is 13.0. The molecule has 0 aliphatic heterocycles. The summed E-state index contributed by atoms with van der Waals surface area (Å²) < 4.78 is 5.50. The number of thioether (sulfide) groups is 1. The number of hydrogen-bond acceptors (Lipinski definition) is 6. The molecule has 154 valence electrons. The van der Waals surface area contributed by atoms with Crippen molar-refractivity contribution in [3.8, 4) is 0 Å². The van der Waals surface area contributed by atoms with Crippen LogP contribution in [0.5, 0.6) is 0 Å². The van der Waals surface area contributed by atoms with Crippen LogP contribution in [0.4, 0.5) is 5.69 Å². The summed E-state index contributed by atoms with van der Waals surface area (Å²) in [5.41, 5.74) is 0.696. The number of amides is 1. The maximum Gasteiger partial charge on any atom is 0.359 e. The third-order valence-corrected chi connectivity index (χ3v) is 5.07. The molecule has 0 bridgehead atoms. The van der Waals surface area contributed by atoms with E-state index in [2.05, 4.69) is 15.3 Å². The van der Waals surface area contributed by atoms with Crippen LogP contribution >= 0.6 is 46.6 Å². The normalized spacial score (nSPS) is 11.6. The molecule has 0 spiro atoms. The van der Waals surface area contributed by atoms with Gasteiger partial charge in [-0.2, -0.15) is 0 Å². The summed E-state index contributed by atoms with van der Waals surface area (Å²) in [4.78, 5) is 33.8. The number of benzene rings is 2. The third kappa shape index (κ3) is 5.64. The van der Waals surface area contributed by atoms with Crippen LogP contribution in [0.1, 0.15) is 22.2 Å². The molecule has 0 radical (unpaired) electrons. The van der Waals surface area contributed by atoms with E-state index in [0.29, 0.717) is 26.5 Å². The van der Waals surface area contributed by atoms with Crippen LogP contribution in [0, 0.1) is 0 Å². The van der Waals surface area contributed by atoms with Gasteiger partial charge in [-0.1, -0.05) is 76.9 Å². The van der Waals surface area contributed by atoms with Gasteiger partial charge in [-0.3, -0.25) is 4.79 Å². The predicted molar refractivity (Wildman–Crippen MR) is 119 cm³/mol. The molecular formula is C20H14Cl3N3O3S. The molecule has 0 aliphatic rings. The van der Waals surface area contributed by atoms with Crippen molar-refractivity contribution in [1.82, 2.24) is 9.97 Å². The molecule has 1 N–H and O–H groups in total. The molecule has 1 atom stereocenters. The molecule has 10 heteroatoms. The van der Waals surface area contributed by atoms with Crippen molar-refractivity contribution in [2.45, 2.75) is 11.3 Å². The summed E-state index contributed by atoms with van der Waals surface area (Å²) in [6, 6.07) is 13.2. The Kier molecular flexibility index (Phi) is 7.55. The van der Waals surface area contributed by atoms with Gasteiger partial charge >= 0.3 is 5.97 Å². The Morgan fingerprint density at radius 2 is 1.73 bits per heavy atom. The van der Waals surface area contributed by atoms with E-state index in [0.717, 1.165) is 0 Å². The van der Waals surface area contributed by atoms with Crippen LogP contribution in [0.15, 0.2) is 59.9 Å². The summed E-state index contributed by atoms with van der Waals surface area (Å²) in [6.45, 7) is 0. The van der Waals surface area contributed by atoms with Gasteiger partial charge in [-0.25, -0.2) is 14.8 Å². The van der Waals surface area contributed by atoms with Gasteiger partial charge in [-0.05, 0) is 24.5 Å². The van der Waals surface area contributed by atoms with E-state index in [4.69, 9.17) is 39.5 Å². The number of carbonyl (C=O) groups is 2. The molecule has 0 fully saturated rings. The summed E-state index contributed by atoms with van der Waals surface area (Å²) in [5.74, 6) is -1.45. The van der Waals surface area contributed by atoms with Crippen LogP contribution in [0.2, 0.25) is 15.1 Å². The van der Waals surface area contributed by atoms with Gasteiger partial charge in [0.2, 0.25) is 6.10 Å². The molecule has 1 aromatic heterocycles. The molecule has 30 heavy (non-hydrogen) atoms. The van der Waals surface area contributed by atoms with E-state index in [1.54, 1.807) is 36.6 Å². The molecule has 3 aromatic rings. The smallest absolute Gasteiger partial charge is 0.359 e. The van der Waals surface area contributed by atoms with Crippen molar-refractivity contribution >= 4 is 64.1 Å². The van der Waals surface area contributed by atoms with E-state index in [9.17, 15) is 9.59 Å². The number of nitrogens with zero attached hydrogens (tertiary/aromatic N) is 2. The summed E-state index contributed by atoms with van der Waals surface area (Å²) in [7, 11) is 0. The molecule has 1 heterocycles. The molecule has 3 rings (SSSR count). The van der Waals surface area contributed by atoms with E-state index in [1.165, 1.54) is 36.2 Å². The van der Waals surface area contributed by atoms with Crippen LogP contribution in [0.3, 0.4) is 0 Å². The van der Waals surface area contributed by atoms with Crippen molar-refractivity contribution in [3.05, 3.63) is 81.1 Å². The third-order valence-electron chi connectivity index (χ3n) is 3.79. The zero-order valence-corrected chi connectivity index (χ0v) is 18.5. The number of nitrogens with one attached hydrogen (secondary N) is 1. The first-order valence-electron chi connectivity index (χ1n) is 8.47. The molecule has 1 unspecified atom stereocenters. The first-order chi connectivity index (χ1) is 14.4. The number of hydrogen-bond donors (Lipinski definition) is 1. The lowest BCUT2D eigenvalue weighted by atomic mass is 10.1. The Bertz CT molecular complexity index is 1060. The topological polar surface area (TPSA) is 81.2 Å². The molecule has 1 amide bonds. The molecule has 6 nitrogen and oxygen atoms in total. The van der Waals surface area contributed by atoms with Gasteiger partial charge in [0.1, 0.15) is 0 Å². The van der Waals surface area contributed by atoms with E-state index in [-0.39, 0.29) is 10.7 Å². The second-order valence-corrected chi connectivity index (χ2v) is 7.95. The predicted octanol–water partition coefficient (Wildman–Crippen LogP) is 5.70. The highest BCUT2D eigenvalue weighted by atomic mass is 35.5. The van der Waals surface area contributed by atoms with Gasteiger partial charge in [-0.15, -0.1) is 0 Å². The average molecular weight is 483 g/mol. The minimum absolute atomic E-state index is 0.0200. The Morgan fingerprint density at radius 1 is 1.07 bits per heavy atom. The fourth-order valence-corrected chi connectivity index (χ4v) is 3.52. The van der Waals surface area contributed by atoms with Gasteiger partial charge in [0.25, 0.3) is 5.91 Å². The number of ether oxygens (including phenoxy) is 1. The van der Waals surface area contributed by atoms with Crippen LogP contribution in [0.25, 0.3) is 0 Å². The lowest BCUT2D eigenvalue weighted by Crippen LogP contribution is -2.26. The van der Waals surface area contributed by atoms with Crippen molar-refractivity contribution in [1.29, 1.82) is 0 Å².